The summed E-state index contributed by atoms with van der Waals surface area (Å²) >= 11 is 4.98. The smallest absolute Gasteiger partial charge is 0.186 e. The van der Waals surface area contributed by atoms with E-state index in [0.717, 1.165) is 12.1 Å². The second-order valence-corrected chi connectivity index (χ2v) is 3.67. The summed E-state index contributed by atoms with van der Waals surface area (Å²) in [6, 6.07) is 7.49. The van der Waals surface area contributed by atoms with Crippen LogP contribution in [-0.2, 0) is 0 Å². The van der Waals surface area contributed by atoms with Gasteiger partial charge in [0.2, 0.25) is 0 Å². The van der Waals surface area contributed by atoms with Gasteiger partial charge in [0.25, 0.3) is 0 Å². The maximum absolute atomic E-state index is 5.39. The molecule has 0 unspecified atom stereocenters. The molecule has 0 saturated heterocycles. The van der Waals surface area contributed by atoms with Crippen LogP contribution in [0.2, 0.25) is 0 Å². The van der Waals surface area contributed by atoms with Gasteiger partial charge in [-0.1, -0.05) is 18.1 Å². The van der Waals surface area contributed by atoms with Crippen LogP contribution in [0.1, 0.15) is 12.5 Å². The molecule has 1 rings (SSSR count). The van der Waals surface area contributed by atoms with Crippen LogP contribution in [0.5, 0.6) is 5.75 Å². The quantitative estimate of drug-likeness (QED) is 0.365. The SMILES string of the molecule is C#CCOc1ccccc1/C=N/NC(=S)NCC. The van der Waals surface area contributed by atoms with E-state index in [-0.39, 0.29) is 6.61 Å². The number of benzene rings is 1. The van der Waals surface area contributed by atoms with Gasteiger partial charge in [0.05, 0.1) is 6.21 Å². The lowest BCUT2D eigenvalue weighted by Gasteiger charge is -2.06. The van der Waals surface area contributed by atoms with Gasteiger partial charge >= 0.3 is 0 Å². The number of para-hydroxylation sites is 1. The number of hydrazone groups is 1. The van der Waals surface area contributed by atoms with Crippen molar-refractivity contribution in [3.8, 4) is 18.1 Å². The number of nitrogens with zero attached hydrogens (tertiary/aromatic N) is 1. The highest BCUT2D eigenvalue weighted by molar-refractivity contribution is 7.80. The monoisotopic (exact) mass is 261 g/mol. The normalized spacial score (nSPS) is 9.78. The molecule has 0 aliphatic heterocycles. The minimum Gasteiger partial charge on any atom is -0.480 e. The Morgan fingerprint density at radius 1 is 1.56 bits per heavy atom. The standard InChI is InChI=1S/C13H15N3OS/c1-3-9-17-12-8-6-5-7-11(12)10-15-16-13(18)14-4-2/h1,5-8,10H,4,9H2,2H3,(H2,14,16,18)/b15-10+. The summed E-state index contributed by atoms with van der Waals surface area (Å²) in [6.45, 7) is 2.94. The van der Waals surface area contributed by atoms with Gasteiger partial charge in [-0.3, -0.25) is 5.43 Å². The molecule has 5 heteroatoms. The van der Waals surface area contributed by atoms with Crippen molar-refractivity contribution >= 4 is 23.5 Å². The Hall–Kier alpha value is -2.06. The van der Waals surface area contributed by atoms with Crippen LogP contribution in [0.15, 0.2) is 29.4 Å². The summed E-state index contributed by atoms with van der Waals surface area (Å²) in [5.74, 6) is 3.11. The first kappa shape index (κ1) is 14.0. The van der Waals surface area contributed by atoms with E-state index < -0.39 is 0 Å². The Kier molecular flexibility index (Phi) is 6.30. The van der Waals surface area contributed by atoms with E-state index in [2.05, 4.69) is 21.8 Å². The Labute approximate surface area is 112 Å². The molecule has 0 bridgehead atoms. The summed E-state index contributed by atoms with van der Waals surface area (Å²) in [7, 11) is 0. The number of rotatable bonds is 5. The van der Waals surface area contributed by atoms with Gasteiger partial charge in [0.15, 0.2) is 5.11 Å². The molecule has 1 aromatic rings. The maximum Gasteiger partial charge on any atom is 0.186 e. The van der Waals surface area contributed by atoms with Crippen LogP contribution < -0.4 is 15.5 Å². The summed E-state index contributed by atoms with van der Waals surface area (Å²) in [6.07, 6.45) is 6.79. The van der Waals surface area contributed by atoms with E-state index >= 15 is 0 Å². The molecular weight excluding hydrogens is 246 g/mol. The highest BCUT2D eigenvalue weighted by Gasteiger charge is 1.99. The number of terminal acetylenes is 1. The molecular formula is C13H15N3OS. The molecule has 2 N–H and O–H groups in total. The van der Waals surface area contributed by atoms with Crippen molar-refractivity contribution < 1.29 is 4.74 Å². The Morgan fingerprint density at radius 3 is 3.06 bits per heavy atom. The first-order valence-electron chi connectivity index (χ1n) is 5.50. The average Bonchev–Trinajstić information content (AvgIpc) is 2.38. The lowest BCUT2D eigenvalue weighted by atomic mass is 10.2. The third-order valence-corrected chi connectivity index (χ3v) is 2.17. The zero-order valence-electron chi connectivity index (χ0n) is 10.1. The topological polar surface area (TPSA) is 45.6 Å². The van der Waals surface area contributed by atoms with Crippen molar-refractivity contribution in [2.24, 2.45) is 5.10 Å². The first-order valence-corrected chi connectivity index (χ1v) is 5.91. The molecule has 0 saturated carbocycles. The third kappa shape index (κ3) is 4.85. The van der Waals surface area contributed by atoms with Crippen LogP contribution in [0.3, 0.4) is 0 Å². The molecule has 0 heterocycles. The summed E-state index contributed by atoms with van der Waals surface area (Å²) in [5.41, 5.74) is 3.54. The zero-order valence-corrected chi connectivity index (χ0v) is 11.0. The molecule has 1 aromatic carbocycles. The molecule has 0 radical (unpaired) electrons. The number of hydrogen-bond donors (Lipinski definition) is 2. The second kappa shape index (κ2) is 8.09. The lowest BCUT2D eigenvalue weighted by molar-refractivity contribution is 0.370. The van der Waals surface area contributed by atoms with E-state index in [1.807, 2.05) is 31.2 Å². The molecule has 94 valence electrons. The van der Waals surface area contributed by atoms with Crippen molar-refractivity contribution in [2.45, 2.75) is 6.92 Å². The highest BCUT2D eigenvalue weighted by atomic mass is 32.1. The van der Waals surface area contributed by atoms with Gasteiger partial charge in [-0.05, 0) is 31.3 Å². The van der Waals surface area contributed by atoms with Crippen molar-refractivity contribution in [1.29, 1.82) is 0 Å². The number of thiocarbonyl (C=S) groups is 1. The number of nitrogens with one attached hydrogen (secondary N) is 2. The van der Waals surface area contributed by atoms with E-state index in [9.17, 15) is 0 Å². The Morgan fingerprint density at radius 2 is 2.33 bits per heavy atom. The van der Waals surface area contributed by atoms with Crippen LogP contribution in [0.25, 0.3) is 0 Å². The van der Waals surface area contributed by atoms with Gasteiger partial charge in [-0.2, -0.15) is 5.10 Å². The molecule has 0 fully saturated rings. The molecule has 0 spiro atoms. The molecule has 0 aliphatic rings. The number of hydrogen-bond acceptors (Lipinski definition) is 3. The summed E-state index contributed by atoms with van der Waals surface area (Å²) in [5, 5.41) is 7.43. The van der Waals surface area contributed by atoms with Crippen LogP contribution in [-0.4, -0.2) is 24.5 Å². The van der Waals surface area contributed by atoms with Gasteiger partial charge in [0, 0.05) is 12.1 Å². The molecule has 0 atom stereocenters. The van der Waals surface area contributed by atoms with Crippen LogP contribution in [0.4, 0.5) is 0 Å². The highest BCUT2D eigenvalue weighted by Crippen LogP contribution is 2.15. The third-order valence-electron chi connectivity index (χ3n) is 1.94. The number of ether oxygens (including phenoxy) is 1. The predicted octanol–water partition coefficient (Wildman–Crippen LogP) is 1.52. The fraction of sp³-hybridized carbons (Fsp3) is 0.231. The predicted molar refractivity (Wildman–Crippen MR) is 77.8 cm³/mol. The van der Waals surface area contributed by atoms with Crippen LogP contribution in [0, 0.1) is 12.3 Å². The van der Waals surface area contributed by atoms with Crippen molar-refractivity contribution in [3.05, 3.63) is 29.8 Å². The second-order valence-electron chi connectivity index (χ2n) is 3.26. The fourth-order valence-electron chi connectivity index (χ4n) is 1.20. The van der Waals surface area contributed by atoms with Gasteiger partial charge in [0.1, 0.15) is 12.4 Å². The average molecular weight is 261 g/mol. The minimum atomic E-state index is 0.230. The minimum absolute atomic E-state index is 0.230. The van der Waals surface area contributed by atoms with Crippen molar-refractivity contribution in [1.82, 2.24) is 10.7 Å². The largest absolute Gasteiger partial charge is 0.480 e. The molecule has 18 heavy (non-hydrogen) atoms. The van der Waals surface area contributed by atoms with Crippen molar-refractivity contribution in [3.63, 3.8) is 0 Å². The van der Waals surface area contributed by atoms with E-state index in [4.69, 9.17) is 23.4 Å². The summed E-state index contributed by atoms with van der Waals surface area (Å²) in [4.78, 5) is 0. The van der Waals surface area contributed by atoms with Crippen molar-refractivity contribution in [2.75, 3.05) is 13.2 Å². The molecule has 0 aromatic heterocycles. The fourth-order valence-corrected chi connectivity index (χ4v) is 1.40. The van der Waals surface area contributed by atoms with Gasteiger partial charge < -0.3 is 10.1 Å². The Bertz CT molecular complexity index is 466. The van der Waals surface area contributed by atoms with E-state index in [0.29, 0.717) is 10.9 Å². The molecule has 0 aliphatic carbocycles. The zero-order chi connectivity index (χ0) is 13.2. The molecule has 0 amide bonds. The summed E-state index contributed by atoms with van der Waals surface area (Å²) < 4.78 is 5.39. The van der Waals surface area contributed by atoms with Crippen LogP contribution >= 0.6 is 12.2 Å². The molecule has 4 nitrogen and oxygen atoms in total. The van der Waals surface area contributed by atoms with E-state index in [1.165, 1.54) is 0 Å². The first-order chi connectivity index (χ1) is 8.77. The van der Waals surface area contributed by atoms with Gasteiger partial charge in [-0.25, -0.2) is 0 Å². The van der Waals surface area contributed by atoms with E-state index in [1.54, 1.807) is 6.21 Å². The maximum atomic E-state index is 5.39. The van der Waals surface area contributed by atoms with Gasteiger partial charge in [-0.15, -0.1) is 6.42 Å². The Balaban J connectivity index is 2.63. The lowest BCUT2D eigenvalue weighted by Crippen LogP contribution is -2.31.